The van der Waals surface area contributed by atoms with Gasteiger partial charge in [0.2, 0.25) is 0 Å². The molecular weight excluding hydrogens is 613 g/mol. The maximum atomic E-state index is 6.88. The molecule has 0 spiro atoms. The Bertz CT molecular complexity index is 2550. The number of furan rings is 1. The van der Waals surface area contributed by atoms with Gasteiger partial charge in [-0.15, -0.1) is 0 Å². The summed E-state index contributed by atoms with van der Waals surface area (Å²) in [6.07, 6.45) is 6.53. The van der Waals surface area contributed by atoms with Gasteiger partial charge in [-0.2, -0.15) is 0 Å². The zero-order valence-corrected chi connectivity index (χ0v) is 27.0. The molecule has 2 aliphatic rings. The van der Waals surface area contributed by atoms with E-state index >= 15 is 0 Å². The normalized spacial score (nSPS) is 16.2. The fourth-order valence-corrected chi connectivity index (χ4v) is 7.41. The van der Waals surface area contributed by atoms with Gasteiger partial charge in [0.1, 0.15) is 11.7 Å². The molecule has 6 aromatic carbocycles. The van der Waals surface area contributed by atoms with Gasteiger partial charge in [0, 0.05) is 38.9 Å². The molecule has 0 saturated heterocycles. The molecule has 1 aliphatic heterocycles. The first-order valence-corrected chi connectivity index (χ1v) is 17.0. The quantitative estimate of drug-likeness (QED) is 0.187. The van der Waals surface area contributed by atoms with Crippen molar-refractivity contribution < 1.29 is 9.15 Å². The van der Waals surface area contributed by atoms with Gasteiger partial charge in [0.25, 0.3) is 0 Å². The molecule has 0 amide bonds. The Balaban J connectivity index is 1.25. The molecular formula is C46H30N2O2. The van der Waals surface area contributed by atoms with Crippen LogP contribution in [-0.4, -0.2) is 16.1 Å². The third-order valence-electron chi connectivity index (χ3n) is 9.84. The van der Waals surface area contributed by atoms with Crippen LogP contribution in [0.3, 0.4) is 0 Å². The minimum absolute atomic E-state index is 0.0342. The highest BCUT2D eigenvalue weighted by Gasteiger charge is 2.39. The van der Waals surface area contributed by atoms with Crippen LogP contribution in [-0.2, 0) is 0 Å². The molecule has 2 unspecified atom stereocenters. The fraction of sp³-hybridized carbons (Fsp3) is 0.0435. The van der Waals surface area contributed by atoms with Crippen molar-refractivity contribution in [1.82, 2.24) is 9.97 Å². The van der Waals surface area contributed by atoms with E-state index in [2.05, 4.69) is 127 Å². The molecule has 4 heteroatoms. The van der Waals surface area contributed by atoms with Crippen molar-refractivity contribution in [2.75, 3.05) is 0 Å². The molecule has 2 atom stereocenters. The van der Waals surface area contributed by atoms with E-state index in [0.717, 1.165) is 72.5 Å². The molecule has 236 valence electrons. The van der Waals surface area contributed by atoms with Crippen molar-refractivity contribution in [2.24, 2.45) is 0 Å². The predicted octanol–water partition coefficient (Wildman–Crippen LogP) is 11.5. The Kier molecular flexibility index (Phi) is 6.59. The topological polar surface area (TPSA) is 48.2 Å². The van der Waals surface area contributed by atoms with Crippen LogP contribution >= 0.6 is 0 Å². The summed E-state index contributed by atoms with van der Waals surface area (Å²) in [4.78, 5) is 10.4. The summed E-state index contributed by atoms with van der Waals surface area (Å²) < 4.78 is 13.6. The number of aromatic nitrogens is 2. The molecule has 4 nitrogen and oxygen atoms in total. The lowest BCUT2D eigenvalue weighted by atomic mass is 9.83. The molecule has 0 saturated carbocycles. The van der Waals surface area contributed by atoms with Crippen molar-refractivity contribution in [3.05, 3.63) is 181 Å². The number of benzene rings is 6. The van der Waals surface area contributed by atoms with Gasteiger partial charge in [-0.25, -0.2) is 9.97 Å². The number of nitrogens with zero attached hydrogens (tertiary/aromatic N) is 2. The van der Waals surface area contributed by atoms with Gasteiger partial charge < -0.3 is 9.15 Å². The van der Waals surface area contributed by atoms with Crippen molar-refractivity contribution >= 4 is 27.5 Å². The number of allylic oxidation sites excluding steroid dienone is 2. The minimum atomic E-state index is -0.168. The Morgan fingerprint density at radius 1 is 0.520 bits per heavy atom. The highest BCUT2D eigenvalue weighted by atomic mass is 16.5. The molecule has 0 fully saturated rings. The van der Waals surface area contributed by atoms with E-state index in [0.29, 0.717) is 5.82 Å². The van der Waals surface area contributed by atoms with Crippen molar-refractivity contribution in [1.29, 1.82) is 0 Å². The van der Waals surface area contributed by atoms with Crippen LogP contribution in [0.1, 0.15) is 17.0 Å². The third kappa shape index (κ3) is 4.76. The maximum absolute atomic E-state index is 6.88. The molecule has 50 heavy (non-hydrogen) atoms. The van der Waals surface area contributed by atoms with E-state index in [9.17, 15) is 0 Å². The summed E-state index contributed by atoms with van der Waals surface area (Å²) in [5.41, 5.74) is 12.0. The summed E-state index contributed by atoms with van der Waals surface area (Å²) in [5, 5.41) is 2.04. The van der Waals surface area contributed by atoms with Gasteiger partial charge in [-0.1, -0.05) is 140 Å². The number of hydrogen-bond donors (Lipinski definition) is 0. The minimum Gasteiger partial charge on any atom is -0.481 e. The maximum Gasteiger partial charge on any atom is 0.177 e. The van der Waals surface area contributed by atoms with E-state index in [4.69, 9.17) is 19.1 Å². The van der Waals surface area contributed by atoms with Crippen molar-refractivity contribution in [3.8, 4) is 50.8 Å². The largest absolute Gasteiger partial charge is 0.481 e. The monoisotopic (exact) mass is 642 g/mol. The first-order chi connectivity index (χ1) is 24.8. The highest BCUT2D eigenvalue weighted by molar-refractivity contribution is 6.11. The van der Waals surface area contributed by atoms with Crippen LogP contribution in [0.15, 0.2) is 174 Å². The van der Waals surface area contributed by atoms with E-state index < -0.39 is 0 Å². The number of rotatable bonds is 5. The second-order valence-corrected chi connectivity index (χ2v) is 12.9. The smallest absolute Gasteiger partial charge is 0.177 e. The van der Waals surface area contributed by atoms with E-state index in [1.54, 1.807) is 0 Å². The first-order valence-electron chi connectivity index (χ1n) is 17.0. The van der Waals surface area contributed by atoms with Crippen LogP contribution in [0.2, 0.25) is 0 Å². The molecule has 0 radical (unpaired) electrons. The average molecular weight is 643 g/mol. The Hall–Kier alpha value is -6.52. The van der Waals surface area contributed by atoms with Crippen LogP contribution in [0, 0.1) is 0 Å². The van der Waals surface area contributed by atoms with Crippen molar-refractivity contribution in [3.63, 3.8) is 0 Å². The van der Waals surface area contributed by atoms with Gasteiger partial charge in [0.05, 0.1) is 11.4 Å². The van der Waals surface area contributed by atoms with Crippen LogP contribution in [0.4, 0.5) is 0 Å². The third-order valence-corrected chi connectivity index (χ3v) is 9.84. The summed E-state index contributed by atoms with van der Waals surface area (Å²) in [6, 6.07) is 52.4. The van der Waals surface area contributed by atoms with Gasteiger partial charge in [0.15, 0.2) is 17.2 Å². The fourth-order valence-electron chi connectivity index (χ4n) is 7.41. The Labute approximate surface area is 289 Å². The predicted molar refractivity (Wildman–Crippen MR) is 202 cm³/mol. The summed E-state index contributed by atoms with van der Waals surface area (Å²) in [7, 11) is 0. The Morgan fingerprint density at radius 2 is 1.16 bits per heavy atom. The van der Waals surface area contributed by atoms with Gasteiger partial charge in [-0.3, -0.25) is 0 Å². The second kappa shape index (κ2) is 11.6. The van der Waals surface area contributed by atoms with Gasteiger partial charge in [-0.05, 0) is 52.6 Å². The summed E-state index contributed by atoms with van der Waals surface area (Å²) in [6.45, 7) is 0. The van der Waals surface area contributed by atoms with E-state index in [1.165, 1.54) is 11.1 Å². The molecule has 2 aromatic heterocycles. The molecule has 3 heterocycles. The molecule has 10 rings (SSSR count). The van der Waals surface area contributed by atoms with Crippen molar-refractivity contribution in [2.45, 2.75) is 12.0 Å². The standard InChI is InChI=1S/C46H30N2O2/c1-5-13-29(14-6-1)33-21-23-41-35(25-33)36-27-37(40-28-39(31-17-9-3-10-18-31)47-46(48-40)32-19-11-4-12-20-32)43-38-26-34(30-15-7-2-8-16-30)22-24-42(38)50-45(43)44(36)49-41/h1-28,38,42H. The number of ether oxygens (including phenoxy) is 1. The average Bonchev–Trinajstić information content (AvgIpc) is 3.77. The number of fused-ring (bicyclic) bond motifs is 7. The summed E-state index contributed by atoms with van der Waals surface area (Å²) >= 11 is 0. The zero-order valence-electron chi connectivity index (χ0n) is 27.0. The van der Waals surface area contributed by atoms with E-state index in [1.807, 2.05) is 42.5 Å². The molecule has 8 aromatic rings. The van der Waals surface area contributed by atoms with Crippen LogP contribution in [0.5, 0.6) is 5.75 Å². The lowest BCUT2D eigenvalue weighted by molar-refractivity contribution is 0.269. The lowest BCUT2D eigenvalue weighted by Crippen LogP contribution is -2.17. The zero-order chi connectivity index (χ0) is 33.0. The van der Waals surface area contributed by atoms with E-state index in [-0.39, 0.29) is 12.0 Å². The van der Waals surface area contributed by atoms with Crippen LogP contribution < -0.4 is 4.74 Å². The lowest BCUT2D eigenvalue weighted by Gasteiger charge is -2.20. The SMILES string of the molecule is C1=CC2Oc3c(c(-c4cc(-c5ccccc5)nc(-c5ccccc5)n4)cc4c3oc3ccc(-c5ccccc5)cc34)C2C=C1c1ccccc1. The molecule has 0 N–H and O–H groups in total. The highest BCUT2D eigenvalue weighted by Crippen LogP contribution is 2.53. The van der Waals surface area contributed by atoms with Crippen LogP contribution in [0.25, 0.3) is 72.5 Å². The van der Waals surface area contributed by atoms with Gasteiger partial charge >= 0.3 is 0 Å². The number of hydrogen-bond acceptors (Lipinski definition) is 4. The first kappa shape index (κ1) is 28.5. The molecule has 1 aliphatic carbocycles. The summed E-state index contributed by atoms with van der Waals surface area (Å²) in [5.74, 6) is 1.42. The molecule has 0 bridgehead atoms. The Morgan fingerprint density at radius 3 is 1.88 bits per heavy atom. The second-order valence-electron chi connectivity index (χ2n) is 12.9.